The third kappa shape index (κ3) is 2.37. The second-order valence-corrected chi connectivity index (χ2v) is 11.0. The lowest BCUT2D eigenvalue weighted by atomic mass is 9.41. The molecular formula is C22H36O3. The minimum atomic E-state index is -0.456. The average Bonchev–Trinajstić information content (AvgIpc) is 2.67. The predicted octanol–water partition coefficient (Wildman–Crippen LogP) is 4.71. The first-order valence-electron chi connectivity index (χ1n) is 10.4. The van der Waals surface area contributed by atoms with Crippen LogP contribution in [-0.4, -0.2) is 22.8 Å². The van der Waals surface area contributed by atoms with Gasteiger partial charge in [-0.1, -0.05) is 20.8 Å². The Balaban J connectivity index is 1.66. The summed E-state index contributed by atoms with van der Waals surface area (Å²) in [6.07, 6.45) is 9.40. The molecule has 0 aromatic heterocycles. The summed E-state index contributed by atoms with van der Waals surface area (Å²) in [7, 11) is 0. The van der Waals surface area contributed by atoms with E-state index in [-0.39, 0.29) is 17.5 Å². The maximum absolute atomic E-state index is 11.6. The van der Waals surface area contributed by atoms with Crippen LogP contribution in [0.25, 0.3) is 0 Å². The van der Waals surface area contributed by atoms with Crippen LogP contribution >= 0.6 is 0 Å². The summed E-state index contributed by atoms with van der Waals surface area (Å²) in [6, 6.07) is 0. The molecule has 0 saturated heterocycles. The fourth-order valence-corrected chi connectivity index (χ4v) is 8.41. The lowest BCUT2D eigenvalue weighted by Gasteiger charge is -2.65. The van der Waals surface area contributed by atoms with Crippen molar-refractivity contribution in [2.75, 3.05) is 0 Å². The highest BCUT2D eigenvalue weighted by Gasteiger charge is 2.67. The van der Waals surface area contributed by atoms with Crippen molar-refractivity contribution in [3.05, 3.63) is 0 Å². The number of ether oxygens (including phenoxy) is 1. The van der Waals surface area contributed by atoms with Gasteiger partial charge in [0.1, 0.15) is 6.10 Å². The Morgan fingerprint density at radius 1 is 1.00 bits per heavy atom. The molecule has 0 aliphatic heterocycles. The third-order valence-corrected chi connectivity index (χ3v) is 9.29. The topological polar surface area (TPSA) is 46.5 Å². The van der Waals surface area contributed by atoms with Crippen molar-refractivity contribution < 1.29 is 14.6 Å². The lowest BCUT2D eigenvalue weighted by molar-refractivity contribution is -0.197. The smallest absolute Gasteiger partial charge is 0.302 e. The second kappa shape index (κ2) is 5.24. The first-order chi connectivity index (χ1) is 11.5. The van der Waals surface area contributed by atoms with E-state index in [1.807, 2.05) is 0 Å². The van der Waals surface area contributed by atoms with E-state index < -0.39 is 5.60 Å². The quantitative estimate of drug-likeness (QED) is 0.698. The molecule has 4 aliphatic carbocycles. The van der Waals surface area contributed by atoms with Crippen LogP contribution in [0.4, 0.5) is 0 Å². The summed E-state index contributed by atoms with van der Waals surface area (Å²) in [5.41, 5.74) is 0.270. The number of carbonyl (C=O) groups excluding carboxylic acids is 1. The van der Waals surface area contributed by atoms with Crippen molar-refractivity contribution >= 4 is 5.97 Å². The molecule has 4 aliphatic rings. The van der Waals surface area contributed by atoms with Crippen LogP contribution in [0.1, 0.15) is 86.0 Å². The molecule has 7 atom stereocenters. The Kier molecular flexibility index (Phi) is 3.74. The van der Waals surface area contributed by atoms with Crippen LogP contribution in [0, 0.1) is 34.0 Å². The average molecular weight is 349 g/mol. The highest BCUT2D eigenvalue weighted by molar-refractivity contribution is 5.66. The first kappa shape index (κ1) is 17.8. The molecule has 0 aromatic rings. The molecule has 0 heterocycles. The van der Waals surface area contributed by atoms with Crippen molar-refractivity contribution in [2.24, 2.45) is 34.0 Å². The van der Waals surface area contributed by atoms with Gasteiger partial charge in [-0.25, -0.2) is 0 Å². The highest BCUT2D eigenvalue weighted by Crippen LogP contribution is 2.72. The molecule has 3 nitrogen and oxygen atoms in total. The maximum Gasteiger partial charge on any atom is 0.302 e. The number of rotatable bonds is 1. The first-order valence-corrected chi connectivity index (χ1v) is 10.4. The molecule has 4 saturated carbocycles. The fourth-order valence-electron chi connectivity index (χ4n) is 8.41. The summed E-state index contributed by atoms with van der Waals surface area (Å²) in [5.74, 6) is 1.70. The Morgan fingerprint density at radius 2 is 1.72 bits per heavy atom. The fraction of sp³-hybridized carbons (Fsp3) is 0.955. The standard InChI is InChI=1S/C22H36O3/c1-14(23)25-18-9-10-20(4)16(19(18,2)3)8-11-22-12-15(6-7-17(20)22)21(5,24)13-22/h15-18,24H,6-13H2,1-5H3/t15-,16-,17+,18-,20-,21-,22+/m1/s1. The van der Waals surface area contributed by atoms with Gasteiger partial charge in [-0.15, -0.1) is 0 Å². The summed E-state index contributed by atoms with van der Waals surface area (Å²) in [4.78, 5) is 11.6. The van der Waals surface area contributed by atoms with Crippen LogP contribution < -0.4 is 0 Å². The number of hydrogen-bond donors (Lipinski definition) is 1. The van der Waals surface area contributed by atoms with E-state index in [0.29, 0.717) is 22.7 Å². The zero-order chi connectivity index (χ0) is 18.3. The summed E-state index contributed by atoms with van der Waals surface area (Å²) >= 11 is 0. The molecule has 142 valence electrons. The van der Waals surface area contributed by atoms with Crippen LogP contribution in [0.2, 0.25) is 0 Å². The van der Waals surface area contributed by atoms with Gasteiger partial charge in [0.05, 0.1) is 5.60 Å². The van der Waals surface area contributed by atoms with Crippen molar-refractivity contribution in [1.82, 2.24) is 0 Å². The number of hydrogen-bond acceptors (Lipinski definition) is 3. The monoisotopic (exact) mass is 348 g/mol. The summed E-state index contributed by atoms with van der Waals surface area (Å²) < 4.78 is 5.75. The maximum atomic E-state index is 11.6. The van der Waals surface area contributed by atoms with Gasteiger partial charge in [-0.2, -0.15) is 0 Å². The van der Waals surface area contributed by atoms with Crippen LogP contribution in [0.15, 0.2) is 0 Å². The molecule has 1 N–H and O–H groups in total. The van der Waals surface area contributed by atoms with Crippen molar-refractivity contribution in [3.63, 3.8) is 0 Å². The number of carbonyl (C=O) groups is 1. The van der Waals surface area contributed by atoms with E-state index in [1.54, 1.807) is 6.92 Å². The molecule has 25 heavy (non-hydrogen) atoms. The van der Waals surface area contributed by atoms with E-state index in [0.717, 1.165) is 25.2 Å². The Bertz CT molecular complexity index is 580. The van der Waals surface area contributed by atoms with Crippen molar-refractivity contribution in [2.45, 2.75) is 97.7 Å². The molecule has 0 aromatic carbocycles. The molecule has 2 bridgehead atoms. The molecule has 1 spiro atoms. The Hall–Kier alpha value is -0.570. The largest absolute Gasteiger partial charge is 0.462 e. The lowest BCUT2D eigenvalue weighted by Crippen LogP contribution is -2.59. The van der Waals surface area contributed by atoms with Gasteiger partial charge in [-0.05, 0) is 86.9 Å². The molecule has 0 amide bonds. The van der Waals surface area contributed by atoms with Crippen LogP contribution in [-0.2, 0) is 9.53 Å². The van der Waals surface area contributed by atoms with E-state index in [9.17, 15) is 9.90 Å². The number of fused-ring (bicyclic) bond motifs is 3. The molecule has 0 radical (unpaired) electrons. The van der Waals surface area contributed by atoms with Gasteiger partial charge in [0.15, 0.2) is 0 Å². The molecule has 0 unspecified atom stereocenters. The van der Waals surface area contributed by atoms with Crippen LogP contribution in [0.5, 0.6) is 0 Å². The van der Waals surface area contributed by atoms with Gasteiger partial charge < -0.3 is 9.84 Å². The normalized spacial score (nSPS) is 53.7. The van der Waals surface area contributed by atoms with Gasteiger partial charge in [0.25, 0.3) is 0 Å². The van der Waals surface area contributed by atoms with E-state index in [2.05, 4.69) is 27.7 Å². The third-order valence-electron chi connectivity index (χ3n) is 9.29. The minimum absolute atomic E-state index is 0.0399. The molecule has 3 heteroatoms. The van der Waals surface area contributed by atoms with Gasteiger partial charge in [-0.3, -0.25) is 4.79 Å². The second-order valence-electron chi connectivity index (χ2n) is 11.0. The zero-order valence-electron chi connectivity index (χ0n) is 16.7. The number of aliphatic hydroxyl groups is 1. The van der Waals surface area contributed by atoms with Gasteiger partial charge in [0.2, 0.25) is 0 Å². The van der Waals surface area contributed by atoms with E-state index >= 15 is 0 Å². The predicted molar refractivity (Wildman–Crippen MR) is 97.9 cm³/mol. The highest BCUT2D eigenvalue weighted by atomic mass is 16.5. The summed E-state index contributed by atoms with van der Waals surface area (Å²) in [5, 5.41) is 11.0. The molecule has 4 rings (SSSR count). The van der Waals surface area contributed by atoms with Crippen molar-refractivity contribution in [3.8, 4) is 0 Å². The SMILES string of the molecule is CC(=O)O[C@@H]1CC[C@]2(C)[C@H](CC[C@@]34C[C@@H](CC[C@H]32)[C@](C)(O)C4)C1(C)C. The van der Waals surface area contributed by atoms with E-state index in [4.69, 9.17) is 4.74 Å². The number of esters is 1. The molecular weight excluding hydrogens is 312 g/mol. The van der Waals surface area contributed by atoms with E-state index in [1.165, 1.54) is 32.1 Å². The summed E-state index contributed by atoms with van der Waals surface area (Å²) in [6.45, 7) is 10.8. The van der Waals surface area contributed by atoms with Crippen molar-refractivity contribution in [1.29, 1.82) is 0 Å². The van der Waals surface area contributed by atoms with Crippen LogP contribution in [0.3, 0.4) is 0 Å². The Labute approximate surface area is 152 Å². The molecule has 4 fully saturated rings. The van der Waals surface area contributed by atoms with Gasteiger partial charge >= 0.3 is 5.97 Å². The Morgan fingerprint density at radius 3 is 2.40 bits per heavy atom. The zero-order valence-corrected chi connectivity index (χ0v) is 16.7. The van der Waals surface area contributed by atoms with Gasteiger partial charge in [0, 0.05) is 12.3 Å². The minimum Gasteiger partial charge on any atom is -0.462 e.